The van der Waals surface area contributed by atoms with E-state index in [1.54, 1.807) is 0 Å². The molecule has 0 amide bonds. The lowest BCUT2D eigenvalue weighted by Crippen LogP contribution is -2.29. The third kappa shape index (κ3) is 1.70. The molecule has 0 aliphatic heterocycles. The van der Waals surface area contributed by atoms with Gasteiger partial charge in [0.25, 0.3) is 0 Å². The van der Waals surface area contributed by atoms with Crippen molar-refractivity contribution in [2.75, 3.05) is 0 Å². The van der Waals surface area contributed by atoms with Crippen LogP contribution in [0.15, 0.2) is 36.5 Å². The second-order valence-corrected chi connectivity index (χ2v) is 5.13. The molecule has 0 radical (unpaired) electrons. The standard InChI is InChI=1S/C14H22/c1-7-12-11(4)10(3)9-14(5,6)13(12)8-2/h7-8,10-11H,1-2,9H2,3-6H3. The van der Waals surface area contributed by atoms with Gasteiger partial charge in [0.2, 0.25) is 0 Å². The first kappa shape index (κ1) is 11.3. The summed E-state index contributed by atoms with van der Waals surface area (Å²) in [6.45, 7) is 17.1. The Balaban J connectivity index is 3.27. The highest BCUT2D eigenvalue weighted by Gasteiger charge is 2.34. The van der Waals surface area contributed by atoms with E-state index in [1.807, 2.05) is 12.2 Å². The molecule has 0 spiro atoms. The molecule has 0 heterocycles. The fraction of sp³-hybridized carbons (Fsp3) is 0.571. The van der Waals surface area contributed by atoms with E-state index >= 15 is 0 Å². The maximum absolute atomic E-state index is 3.93. The summed E-state index contributed by atoms with van der Waals surface area (Å²) >= 11 is 0. The average molecular weight is 190 g/mol. The Hall–Kier alpha value is -0.780. The molecule has 1 aliphatic carbocycles. The molecule has 0 aromatic rings. The van der Waals surface area contributed by atoms with Crippen LogP contribution in [0.4, 0.5) is 0 Å². The highest BCUT2D eigenvalue weighted by molar-refractivity contribution is 5.39. The van der Waals surface area contributed by atoms with Crippen molar-refractivity contribution in [1.82, 2.24) is 0 Å². The predicted octanol–water partition coefficient (Wildman–Crippen LogP) is 4.36. The fourth-order valence-electron chi connectivity index (χ4n) is 2.72. The maximum Gasteiger partial charge on any atom is -0.00982 e. The van der Waals surface area contributed by atoms with Gasteiger partial charge < -0.3 is 0 Å². The lowest BCUT2D eigenvalue weighted by Gasteiger charge is -2.40. The first-order chi connectivity index (χ1) is 6.44. The average Bonchev–Trinajstić information content (AvgIpc) is 2.09. The summed E-state index contributed by atoms with van der Waals surface area (Å²) in [6.07, 6.45) is 5.27. The second-order valence-electron chi connectivity index (χ2n) is 5.13. The maximum atomic E-state index is 3.93. The molecule has 0 saturated carbocycles. The lowest BCUT2D eigenvalue weighted by atomic mass is 9.65. The third-order valence-electron chi connectivity index (χ3n) is 3.64. The van der Waals surface area contributed by atoms with Crippen molar-refractivity contribution in [1.29, 1.82) is 0 Å². The van der Waals surface area contributed by atoms with Gasteiger partial charge in [-0.05, 0) is 34.8 Å². The van der Waals surface area contributed by atoms with Crippen molar-refractivity contribution in [3.8, 4) is 0 Å². The Bertz CT molecular complexity index is 278. The van der Waals surface area contributed by atoms with Crippen LogP contribution in [0.1, 0.15) is 34.1 Å². The molecule has 1 rings (SSSR count). The number of hydrogen-bond acceptors (Lipinski definition) is 0. The molecule has 1 aliphatic rings. The monoisotopic (exact) mass is 190 g/mol. The third-order valence-corrected chi connectivity index (χ3v) is 3.64. The van der Waals surface area contributed by atoms with Crippen molar-refractivity contribution in [2.45, 2.75) is 34.1 Å². The van der Waals surface area contributed by atoms with Gasteiger partial charge >= 0.3 is 0 Å². The van der Waals surface area contributed by atoms with E-state index in [0.29, 0.717) is 5.92 Å². The highest BCUT2D eigenvalue weighted by atomic mass is 14.4. The van der Waals surface area contributed by atoms with Crippen LogP contribution in [-0.2, 0) is 0 Å². The van der Waals surface area contributed by atoms with Crippen LogP contribution >= 0.6 is 0 Å². The summed E-state index contributed by atoms with van der Waals surface area (Å²) in [5.74, 6) is 1.36. The minimum absolute atomic E-state index is 0.261. The molecule has 0 aromatic carbocycles. The molecule has 0 N–H and O–H groups in total. The number of allylic oxidation sites excluding steroid dienone is 4. The Morgan fingerprint density at radius 2 is 1.79 bits per heavy atom. The van der Waals surface area contributed by atoms with Crippen LogP contribution in [0.5, 0.6) is 0 Å². The SMILES string of the molecule is C=CC1=C(C=C)C(C)(C)CC(C)C1C. The summed E-state index contributed by atoms with van der Waals surface area (Å²) < 4.78 is 0. The van der Waals surface area contributed by atoms with Crippen LogP contribution in [0.2, 0.25) is 0 Å². The van der Waals surface area contributed by atoms with Gasteiger partial charge in [-0.3, -0.25) is 0 Å². The van der Waals surface area contributed by atoms with E-state index in [2.05, 4.69) is 40.9 Å². The van der Waals surface area contributed by atoms with Gasteiger partial charge in [-0.1, -0.05) is 53.0 Å². The zero-order valence-corrected chi connectivity index (χ0v) is 9.93. The highest BCUT2D eigenvalue weighted by Crippen LogP contribution is 2.46. The van der Waals surface area contributed by atoms with Crippen LogP contribution in [0.25, 0.3) is 0 Å². The second kappa shape index (κ2) is 3.76. The summed E-state index contributed by atoms with van der Waals surface area (Å²) in [5, 5.41) is 0. The summed E-state index contributed by atoms with van der Waals surface area (Å²) in [6, 6.07) is 0. The first-order valence-electron chi connectivity index (χ1n) is 5.43. The van der Waals surface area contributed by atoms with Crippen LogP contribution in [0, 0.1) is 17.3 Å². The molecule has 2 unspecified atom stereocenters. The minimum Gasteiger partial charge on any atom is -0.0988 e. The summed E-state index contributed by atoms with van der Waals surface area (Å²) in [4.78, 5) is 0. The summed E-state index contributed by atoms with van der Waals surface area (Å²) in [5.41, 5.74) is 3.04. The zero-order chi connectivity index (χ0) is 10.9. The molecule has 14 heavy (non-hydrogen) atoms. The van der Waals surface area contributed by atoms with Gasteiger partial charge in [-0.15, -0.1) is 0 Å². The van der Waals surface area contributed by atoms with Crippen LogP contribution in [-0.4, -0.2) is 0 Å². The largest absolute Gasteiger partial charge is 0.0988 e. The molecule has 0 saturated heterocycles. The molecule has 2 atom stereocenters. The van der Waals surface area contributed by atoms with E-state index < -0.39 is 0 Å². The van der Waals surface area contributed by atoms with E-state index in [9.17, 15) is 0 Å². The Morgan fingerprint density at radius 3 is 2.21 bits per heavy atom. The van der Waals surface area contributed by atoms with Gasteiger partial charge in [0.1, 0.15) is 0 Å². The van der Waals surface area contributed by atoms with Gasteiger partial charge in [0, 0.05) is 0 Å². The topological polar surface area (TPSA) is 0 Å². The van der Waals surface area contributed by atoms with Gasteiger partial charge in [-0.2, -0.15) is 0 Å². The van der Waals surface area contributed by atoms with Crippen molar-refractivity contribution in [3.05, 3.63) is 36.5 Å². The van der Waals surface area contributed by atoms with Gasteiger partial charge in [-0.25, -0.2) is 0 Å². The Kier molecular flexibility index (Phi) is 3.04. The van der Waals surface area contributed by atoms with Gasteiger partial charge in [0.15, 0.2) is 0 Å². The number of rotatable bonds is 2. The van der Waals surface area contributed by atoms with Crippen molar-refractivity contribution < 1.29 is 0 Å². The normalized spacial score (nSPS) is 31.4. The van der Waals surface area contributed by atoms with Crippen LogP contribution in [0.3, 0.4) is 0 Å². The smallest absolute Gasteiger partial charge is 0.00982 e. The lowest BCUT2D eigenvalue weighted by molar-refractivity contribution is 0.260. The molecular weight excluding hydrogens is 168 g/mol. The molecular formula is C14H22. The van der Waals surface area contributed by atoms with E-state index in [-0.39, 0.29) is 5.41 Å². The molecule has 0 nitrogen and oxygen atoms in total. The molecule has 0 bridgehead atoms. The van der Waals surface area contributed by atoms with E-state index in [1.165, 1.54) is 17.6 Å². The molecule has 0 fully saturated rings. The van der Waals surface area contributed by atoms with Crippen molar-refractivity contribution >= 4 is 0 Å². The van der Waals surface area contributed by atoms with E-state index in [4.69, 9.17) is 0 Å². The molecule has 78 valence electrons. The Morgan fingerprint density at radius 1 is 1.21 bits per heavy atom. The molecule has 0 heteroatoms. The zero-order valence-electron chi connectivity index (χ0n) is 9.93. The van der Waals surface area contributed by atoms with E-state index in [0.717, 1.165) is 5.92 Å². The van der Waals surface area contributed by atoms with Crippen LogP contribution < -0.4 is 0 Å². The predicted molar refractivity (Wildman–Crippen MR) is 64.1 cm³/mol. The fourth-order valence-corrected chi connectivity index (χ4v) is 2.72. The number of hydrogen-bond donors (Lipinski definition) is 0. The van der Waals surface area contributed by atoms with Crippen molar-refractivity contribution in [3.63, 3.8) is 0 Å². The van der Waals surface area contributed by atoms with Gasteiger partial charge in [0.05, 0.1) is 0 Å². The quantitative estimate of drug-likeness (QED) is 0.607. The van der Waals surface area contributed by atoms with Crippen molar-refractivity contribution in [2.24, 2.45) is 17.3 Å². The Labute approximate surface area is 88.4 Å². The minimum atomic E-state index is 0.261. The molecule has 0 aromatic heterocycles. The summed E-state index contributed by atoms with van der Waals surface area (Å²) in [7, 11) is 0. The first-order valence-corrected chi connectivity index (χ1v) is 5.43.